The van der Waals surface area contributed by atoms with Gasteiger partial charge in [0.25, 0.3) is 11.6 Å². The predicted molar refractivity (Wildman–Crippen MR) is 93.8 cm³/mol. The second-order valence-corrected chi connectivity index (χ2v) is 6.14. The van der Waals surface area contributed by atoms with Crippen LogP contribution in [0, 0.1) is 16.0 Å². The van der Waals surface area contributed by atoms with Crippen molar-refractivity contribution in [3.05, 3.63) is 64.2 Å². The molecule has 1 fully saturated rings. The Bertz CT molecular complexity index is 1040. The highest BCUT2D eigenvalue weighted by molar-refractivity contribution is 6.52. The minimum atomic E-state index is -1.25. The third kappa shape index (κ3) is 2.58. The van der Waals surface area contributed by atoms with Crippen LogP contribution in [0.2, 0.25) is 0 Å². The number of nitrogens with zero attached hydrogens (tertiary/aromatic N) is 3. The Morgan fingerprint density at radius 1 is 1.07 bits per heavy atom. The highest BCUT2D eigenvalue weighted by atomic mass is 16.7. The fraction of sp³-hybridized carbons (Fsp3) is 0.111. The molecule has 2 heterocycles. The van der Waals surface area contributed by atoms with Gasteiger partial charge in [-0.3, -0.25) is 24.5 Å². The van der Waals surface area contributed by atoms with Crippen molar-refractivity contribution in [2.45, 2.75) is 6.10 Å². The van der Waals surface area contributed by atoms with E-state index in [4.69, 9.17) is 4.84 Å². The number of amides is 2. The van der Waals surface area contributed by atoms with Gasteiger partial charge in [-0.05, 0) is 36.4 Å². The Labute approximate surface area is 156 Å². The van der Waals surface area contributed by atoms with Gasteiger partial charge in [-0.15, -0.1) is 0 Å². The summed E-state index contributed by atoms with van der Waals surface area (Å²) in [6, 6.07) is 10.2. The summed E-state index contributed by atoms with van der Waals surface area (Å²) >= 11 is 0. The van der Waals surface area contributed by atoms with E-state index in [1.54, 1.807) is 0 Å². The second-order valence-electron chi connectivity index (χ2n) is 6.14. The van der Waals surface area contributed by atoms with E-state index in [9.17, 15) is 29.6 Å². The summed E-state index contributed by atoms with van der Waals surface area (Å²) in [6.07, 6.45) is -1.25. The average molecular weight is 381 g/mol. The van der Waals surface area contributed by atoms with Gasteiger partial charge in [-0.25, -0.2) is 4.90 Å². The SMILES string of the molecule is O=C(C1=NOC2C(=O)N(c3ccc(O)cc3)C(=O)C12)c1ccc([N+](=O)[O-])cc1. The number of ketones is 1. The Hall–Kier alpha value is -4.08. The molecule has 1 saturated heterocycles. The summed E-state index contributed by atoms with van der Waals surface area (Å²) < 4.78 is 0. The standard InChI is InChI=1S/C18H11N3O7/c22-12-7-5-10(6-8-12)20-17(24)13-14(19-28-16(13)18(20)25)15(23)9-1-3-11(4-2-9)21(26)27/h1-8,13,16,22H. The van der Waals surface area contributed by atoms with Crippen LogP contribution in [-0.2, 0) is 14.4 Å². The van der Waals surface area contributed by atoms with Crippen LogP contribution in [0.3, 0.4) is 0 Å². The van der Waals surface area contributed by atoms with E-state index in [-0.39, 0.29) is 28.4 Å². The van der Waals surface area contributed by atoms with Crippen LogP contribution < -0.4 is 4.90 Å². The number of nitro benzene ring substituents is 1. The molecule has 0 spiro atoms. The molecule has 28 heavy (non-hydrogen) atoms. The normalized spacial score (nSPS) is 20.6. The monoisotopic (exact) mass is 381 g/mol. The first-order valence-electron chi connectivity index (χ1n) is 8.08. The lowest BCUT2D eigenvalue weighted by atomic mass is 9.93. The summed E-state index contributed by atoms with van der Waals surface area (Å²) in [5, 5.41) is 23.7. The summed E-state index contributed by atoms with van der Waals surface area (Å²) in [5.74, 6) is -3.24. The molecule has 140 valence electrons. The van der Waals surface area contributed by atoms with Gasteiger partial charge in [0.15, 0.2) is 0 Å². The summed E-state index contributed by atoms with van der Waals surface area (Å²) in [7, 11) is 0. The molecule has 0 aromatic heterocycles. The third-order valence-electron chi connectivity index (χ3n) is 4.49. The lowest BCUT2D eigenvalue weighted by Gasteiger charge is -2.15. The Morgan fingerprint density at radius 3 is 2.32 bits per heavy atom. The number of non-ortho nitro benzene ring substituents is 1. The minimum absolute atomic E-state index is 0.0325. The van der Waals surface area contributed by atoms with Gasteiger partial charge in [0.1, 0.15) is 17.4 Å². The Morgan fingerprint density at radius 2 is 1.71 bits per heavy atom. The molecule has 2 aromatic carbocycles. The van der Waals surface area contributed by atoms with Crippen molar-refractivity contribution < 1.29 is 29.3 Å². The summed E-state index contributed by atoms with van der Waals surface area (Å²) in [6.45, 7) is 0. The molecular formula is C18H11N3O7. The fourth-order valence-electron chi connectivity index (χ4n) is 3.10. The van der Waals surface area contributed by atoms with E-state index < -0.39 is 34.5 Å². The zero-order valence-electron chi connectivity index (χ0n) is 14.0. The molecule has 0 bridgehead atoms. The first-order valence-corrected chi connectivity index (χ1v) is 8.08. The molecule has 2 unspecified atom stereocenters. The van der Waals surface area contributed by atoms with E-state index >= 15 is 0 Å². The summed E-state index contributed by atoms with van der Waals surface area (Å²) in [5.41, 5.74) is -0.118. The molecule has 4 rings (SSSR count). The van der Waals surface area contributed by atoms with Crippen LogP contribution >= 0.6 is 0 Å². The largest absolute Gasteiger partial charge is 0.508 e. The number of Topliss-reactive ketones (excluding diaryl/α,β-unsaturated/α-hetero) is 1. The van der Waals surface area contributed by atoms with E-state index in [0.717, 1.165) is 17.0 Å². The zero-order chi connectivity index (χ0) is 20.0. The number of carbonyl (C=O) groups is 3. The first-order chi connectivity index (χ1) is 13.4. The van der Waals surface area contributed by atoms with Gasteiger partial charge < -0.3 is 9.94 Å². The van der Waals surface area contributed by atoms with E-state index in [2.05, 4.69) is 5.16 Å². The van der Waals surface area contributed by atoms with Crippen LogP contribution in [0.5, 0.6) is 5.75 Å². The van der Waals surface area contributed by atoms with Gasteiger partial charge in [-0.1, -0.05) is 5.16 Å². The highest BCUT2D eigenvalue weighted by Crippen LogP contribution is 2.34. The number of rotatable bonds is 4. The van der Waals surface area contributed by atoms with Crippen LogP contribution in [0.15, 0.2) is 53.7 Å². The number of oxime groups is 1. The Balaban J connectivity index is 1.62. The lowest BCUT2D eigenvalue weighted by molar-refractivity contribution is -0.384. The number of nitro groups is 1. The van der Waals surface area contributed by atoms with Gasteiger partial charge in [0.05, 0.1) is 10.6 Å². The Kier molecular flexibility index (Phi) is 3.88. The molecule has 2 amide bonds. The van der Waals surface area contributed by atoms with Crippen molar-refractivity contribution >= 4 is 34.7 Å². The average Bonchev–Trinajstić information content (AvgIpc) is 3.23. The third-order valence-corrected chi connectivity index (χ3v) is 4.49. The number of carbonyl (C=O) groups excluding carboxylic acids is 3. The van der Waals surface area contributed by atoms with Gasteiger partial charge in [0.2, 0.25) is 17.8 Å². The van der Waals surface area contributed by atoms with Gasteiger partial charge in [-0.2, -0.15) is 0 Å². The number of hydrogen-bond donors (Lipinski definition) is 1. The summed E-state index contributed by atoms with van der Waals surface area (Å²) in [4.78, 5) is 54.2. The molecule has 2 aliphatic rings. The fourth-order valence-corrected chi connectivity index (χ4v) is 3.10. The van der Waals surface area contributed by atoms with Crippen LogP contribution in [0.25, 0.3) is 0 Å². The van der Waals surface area contributed by atoms with Crippen molar-refractivity contribution in [3.8, 4) is 5.75 Å². The van der Waals surface area contributed by atoms with Crippen LogP contribution in [-0.4, -0.2) is 39.4 Å². The topological polar surface area (TPSA) is 139 Å². The molecule has 0 aliphatic carbocycles. The maximum absolute atomic E-state index is 12.8. The van der Waals surface area contributed by atoms with E-state index in [0.29, 0.717) is 0 Å². The van der Waals surface area contributed by atoms with Crippen LogP contribution in [0.4, 0.5) is 11.4 Å². The molecule has 1 N–H and O–H groups in total. The second kappa shape index (κ2) is 6.27. The molecule has 0 radical (unpaired) electrons. The number of fused-ring (bicyclic) bond motifs is 1. The number of imide groups is 1. The predicted octanol–water partition coefficient (Wildman–Crippen LogP) is 1.43. The number of anilines is 1. The maximum atomic E-state index is 12.8. The smallest absolute Gasteiger partial charge is 0.278 e. The number of benzene rings is 2. The minimum Gasteiger partial charge on any atom is -0.508 e. The quantitative estimate of drug-likeness (QED) is 0.366. The molecule has 2 aliphatic heterocycles. The number of aromatic hydroxyl groups is 1. The number of phenolic OH excluding ortho intramolecular Hbond substituents is 1. The number of hydrogen-bond acceptors (Lipinski definition) is 8. The van der Waals surface area contributed by atoms with Crippen molar-refractivity contribution in [1.29, 1.82) is 0 Å². The molecule has 10 nitrogen and oxygen atoms in total. The van der Waals surface area contributed by atoms with Crippen molar-refractivity contribution in [3.63, 3.8) is 0 Å². The van der Waals surface area contributed by atoms with Crippen LogP contribution in [0.1, 0.15) is 10.4 Å². The zero-order valence-corrected chi connectivity index (χ0v) is 14.0. The molecule has 0 saturated carbocycles. The van der Waals surface area contributed by atoms with Gasteiger partial charge >= 0.3 is 0 Å². The molecule has 2 atom stereocenters. The molecular weight excluding hydrogens is 370 g/mol. The van der Waals surface area contributed by atoms with Crippen molar-refractivity contribution in [2.24, 2.45) is 11.1 Å². The maximum Gasteiger partial charge on any atom is 0.278 e. The number of phenols is 1. The van der Waals surface area contributed by atoms with Crippen molar-refractivity contribution in [1.82, 2.24) is 0 Å². The molecule has 2 aromatic rings. The van der Waals surface area contributed by atoms with E-state index in [1.165, 1.54) is 36.4 Å². The van der Waals surface area contributed by atoms with Crippen molar-refractivity contribution in [2.75, 3.05) is 4.90 Å². The highest BCUT2D eigenvalue weighted by Gasteiger charge is 2.57. The first kappa shape index (κ1) is 17.3. The lowest BCUT2D eigenvalue weighted by Crippen LogP contribution is -2.34. The van der Waals surface area contributed by atoms with Gasteiger partial charge in [0, 0.05) is 17.7 Å². The molecule has 10 heteroatoms. The van der Waals surface area contributed by atoms with E-state index in [1.807, 2.05) is 0 Å².